The standard InChI is InChI=1S/C22H27N3O4.ClH/c26-21(7-4-13-28-19-5-2-1-3-6-19)25-18-10-8-17(9-11-18)15-24-22(27)20-16-23-12-14-29-20;/h1-3,5-6,8-11,20,23H,4,7,12-16H2,(H,24,27)(H,25,26);1H. The third kappa shape index (κ3) is 8.02. The van der Waals surface area contributed by atoms with Gasteiger partial charge in [0.25, 0.3) is 5.91 Å². The lowest BCUT2D eigenvalue weighted by Gasteiger charge is -2.22. The first-order valence-electron chi connectivity index (χ1n) is 9.87. The summed E-state index contributed by atoms with van der Waals surface area (Å²) >= 11 is 0. The van der Waals surface area contributed by atoms with Crippen LogP contribution < -0.4 is 20.7 Å². The number of morpholine rings is 1. The lowest BCUT2D eigenvalue weighted by atomic mass is 10.2. The molecule has 0 saturated carbocycles. The van der Waals surface area contributed by atoms with Crippen molar-refractivity contribution in [3.05, 3.63) is 60.2 Å². The van der Waals surface area contributed by atoms with Gasteiger partial charge >= 0.3 is 0 Å². The molecule has 0 radical (unpaired) electrons. The zero-order chi connectivity index (χ0) is 20.3. The molecule has 2 aromatic carbocycles. The lowest BCUT2D eigenvalue weighted by Crippen LogP contribution is -2.47. The van der Waals surface area contributed by atoms with Crippen LogP contribution in [-0.2, 0) is 20.9 Å². The van der Waals surface area contributed by atoms with E-state index in [1.54, 1.807) is 0 Å². The van der Waals surface area contributed by atoms with Crippen LogP contribution in [0.4, 0.5) is 5.69 Å². The van der Waals surface area contributed by atoms with E-state index >= 15 is 0 Å². The topological polar surface area (TPSA) is 88.7 Å². The molecule has 0 bridgehead atoms. The Morgan fingerprint density at radius 3 is 2.57 bits per heavy atom. The number of carbonyl (C=O) groups is 2. The van der Waals surface area contributed by atoms with Gasteiger partial charge in [-0.1, -0.05) is 30.3 Å². The minimum absolute atomic E-state index is 0. The third-order valence-electron chi connectivity index (χ3n) is 4.48. The second-order valence-electron chi connectivity index (χ2n) is 6.79. The number of hydrogen-bond donors (Lipinski definition) is 3. The van der Waals surface area contributed by atoms with Crippen LogP contribution >= 0.6 is 12.4 Å². The quantitative estimate of drug-likeness (QED) is 0.529. The second-order valence-corrected chi connectivity index (χ2v) is 6.79. The van der Waals surface area contributed by atoms with Crippen molar-refractivity contribution in [2.24, 2.45) is 0 Å². The van der Waals surface area contributed by atoms with Gasteiger partial charge in [-0.15, -0.1) is 12.4 Å². The number of para-hydroxylation sites is 1. The van der Waals surface area contributed by atoms with Gasteiger partial charge in [-0.05, 0) is 36.2 Å². The Morgan fingerprint density at radius 1 is 1.10 bits per heavy atom. The van der Waals surface area contributed by atoms with Gasteiger partial charge in [0.15, 0.2) is 0 Å². The molecule has 1 saturated heterocycles. The molecule has 2 amide bonds. The Balaban J connectivity index is 0.00000320. The molecule has 8 heteroatoms. The van der Waals surface area contributed by atoms with E-state index in [0.29, 0.717) is 39.1 Å². The molecule has 3 rings (SSSR count). The summed E-state index contributed by atoms with van der Waals surface area (Å²) in [6.45, 7) is 2.77. The van der Waals surface area contributed by atoms with Crippen LogP contribution in [0.5, 0.6) is 5.75 Å². The Labute approximate surface area is 182 Å². The molecule has 162 valence electrons. The highest BCUT2D eigenvalue weighted by Gasteiger charge is 2.21. The molecule has 2 aromatic rings. The predicted molar refractivity (Wildman–Crippen MR) is 118 cm³/mol. The van der Waals surface area contributed by atoms with E-state index in [1.165, 1.54) is 0 Å². The fraction of sp³-hybridized carbons (Fsp3) is 0.364. The van der Waals surface area contributed by atoms with E-state index in [9.17, 15) is 9.59 Å². The SMILES string of the molecule is Cl.O=C(CCCOc1ccccc1)Nc1ccc(CNC(=O)C2CNCCO2)cc1. The van der Waals surface area contributed by atoms with E-state index in [0.717, 1.165) is 23.5 Å². The number of amides is 2. The van der Waals surface area contributed by atoms with E-state index in [1.807, 2.05) is 54.6 Å². The first-order valence-corrected chi connectivity index (χ1v) is 9.87. The summed E-state index contributed by atoms with van der Waals surface area (Å²) in [5.74, 6) is 0.638. The van der Waals surface area contributed by atoms with Gasteiger partial charge in [-0.2, -0.15) is 0 Å². The first-order chi connectivity index (χ1) is 14.2. The average molecular weight is 434 g/mol. The highest BCUT2D eigenvalue weighted by atomic mass is 35.5. The maximum atomic E-state index is 12.1. The molecule has 1 fully saturated rings. The van der Waals surface area contributed by atoms with Gasteiger partial charge < -0.3 is 25.4 Å². The molecule has 1 unspecified atom stereocenters. The highest BCUT2D eigenvalue weighted by Crippen LogP contribution is 2.12. The van der Waals surface area contributed by atoms with Crippen LogP contribution in [0.2, 0.25) is 0 Å². The van der Waals surface area contributed by atoms with Crippen LogP contribution in [0.1, 0.15) is 18.4 Å². The van der Waals surface area contributed by atoms with E-state index in [-0.39, 0.29) is 24.2 Å². The lowest BCUT2D eigenvalue weighted by molar-refractivity contribution is -0.134. The molecular formula is C22H28ClN3O4. The minimum Gasteiger partial charge on any atom is -0.494 e. The Morgan fingerprint density at radius 2 is 1.87 bits per heavy atom. The fourth-order valence-corrected chi connectivity index (χ4v) is 2.91. The Bertz CT molecular complexity index is 781. The van der Waals surface area contributed by atoms with Gasteiger partial charge in [0, 0.05) is 31.7 Å². The van der Waals surface area contributed by atoms with Crippen molar-refractivity contribution in [1.82, 2.24) is 10.6 Å². The van der Waals surface area contributed by atoms with Gasteiger partial charge in [0.2, 0.25) is 5.91 Å². The fourth-order valence-electron chi connectivity index (χ4n) is 2.91. The van der Waals surface area contributed by atoms with Crippen molar-refractivity contribution in [2.45, 2.75) is 25.5 Å². The summed E-state index contributed by atoms with van der Waals surface area (Å²) in [5, 5.41) is 8.88. The van der Waals surface area contributed by atoms with Crippen molar-refractivity contribution in [3.63, 3.8) is 0 Å². The highest BCUT2D eigenvalue weighted by molar-refractivity contribution is 5.90. The third-order valence-corrected chi connectivity index (χ3v) is 4.48. The number of carbonyl (C=O) groups excluding carboxylic acids is 2. The number of hydrogen-bond acceptors (Lipinski definition) is 5. The monoisotopic (exact) mass is 433 g/mol. The molecule has 3 N–H and O–H groups in total. The normalized spacial score (nSPS) is 15.5. The largest absolute Gasteiger partial charge is 0.494 e. The summed E-state index contributed by atoms with van der Waals surface area (Å²) in [4.78, 5) is 24.1. The van der Waals surface area contributed by atoms with Crippen LogP contribution in [0, 0.1) is 0 Å². The molecule has 1 aliphatic rings. The van der Waals surface area contributed by atoms with E-state index in [2.05, 4.69) is 16.0 Å². The number of nitrogens with one attached hydrogen (secondary N) is 3. The summed E-state index contributed by atoms with van der Waals surface area (Å²) in [6.07, 6.45) is 0.594. The molecule has 0 aromatic heterocycles. The Hall–Kier alpha value is -2.61. The maximum Gasteiger partial charge on any atom is 0.250 e. The zero-order valence-electron chi connectivity index (χ0n) is 16.8. The molecule has 30 heavy (non-hydrogen) atoms. The van der Waals surface area contributed by atoms with Crippen molar-refractivity contribution in [2.75, 3.05) is 31.6 Å². The van der Waals surface area contributed by atoms with Crippen molar-refractivity contribution >= 4 is 29.9 Å². The number of benzene rings is 2. The zero-order valence-corrected chi connectivity index (χ0v) is 17.6. The average Bonchev–Trinajstić information content (AvgIpc) is 2.77. The van der Waals surface area contributed by atoms with Crippen LogP contribution in [0.15, 0.2) is 54.6 Å². The molecule has 1 heterocycles. The summed E-state index contributed by atoms with van der Waals surface area (Å²) in [5.41, 5.74) is 1.69. The number of ether oxygens (including phenoxy) is 2. The number of halogens is 1. The molecule has 0 aliphatic carbocycles. The van der Waals surface area contributed by atoms with Crippen LogP contribution in [-0.4, -0.2) is 44.2 Å². The molecule has 1 aliphatic heterocycles. The maximum absolute atomic E-state index is 12.1. The smallest absolute Gasteiger partial charge is 0.250 e. The minimum atomic E-state index is -0.437. The molecule has 1 atom stereocenters. The predicted octanol–water partition coefficient (Wildman–Crippen LogP) is 2.51. The number of rotatable bonds is 9. The van der Waals surface area contributed by atoms with Crippen molar-refractivity contribution in [1.29, 1.82) is 0 Å². The van der Waals surface area contributed by atoms with Gasteiger partial charge in [0.1, 0.15) is 11.9 Å². The first kappa shape index (κ1) is 23.7. The van der Waals surface area contributed by atoms with Crippen LogP contribution in [0.3, 0.4) is 0 Å². The Kier molecular flexibility index (Phi) is 10.1. The summed E-state index contributed by atoms with van der Waals surface area (Å²) < 4.78 is 11.0. The summed E-state index contributed by atoms with van der Waals surface area (Å²) in [7, 11) is 0. The molecular weight excluding hydrogens is 406 g/mol. The van der Waals surface area contributed by atoms with Gasteiger partial charge in [-0.25, -0.2) is 0 Å². The molecule has 0 spiro atoms. The second kappa shape index (κ2) is 12.8. The van der Waals surface area contributed by atoms with E-state index < -0.39 is 6.10 Å². The van der Waals surface area contributed by atoms with Gasteiger partial charge in [0.05, 0.1) is 13.2 Å². The van der Waals surface area contributed by atoms with Crippen molar-refractivity contribution < 1.29 is 19.1 Å². The summed E-state index contributed by atoms with van der Waals surface area (Å²) in [6, 6.07) is 17.0. The van der Waals surface area contributed by atoms with Crippen molar-refractivity contribution in [3.8, 4) is 5.75 Å². The van der Waals surface area contributed by atoms with E-state index in [4.69, 9.17) is 9.47 Å². The van der Waals surface area contributed by atoms with Gasteiger partial charge in [-0.3, -0.25) is 9.59 Å². The molecule has 7 nitrogen and oxygen atoms in total. The van der Waals surface area contributed by atoms with Crippen LogP contribution in [0.25, 0.3) is 0 Å². The number of anilines is 1.